The van der Waals surface area contributed by atoms with Crippen molar-refractivity contribution in [3.63, 3.8) is 0 Å². The van der Waals surface area contributed by atoms with Gasteiger partial charge in [0, 0.05) is 45.0 Å². The number of carbonyl (C=O) groups is 2. The third-order valence-electron chi connectivity index (χ3n) is 5.05. The van der Waals surface area contributed by atoms with E-state index in [4.69, 9.17) is 4.74 Å². The average Bonchev–Trinajstić information content (AvgIpc) is 2.78. The maximum Gasteiger partial charge on any atom is 0.416 e. The molecule has 1 aliphatic rings. The first kappa shape index (κ1) is 22.4. The Bertz CT molecular complexity index is 909. The fourth-order valence-electron chi connectivity index (χ4n) is 3.20. The van der Waals surface area contributed by atoms with E-state index in [2.05, 4.69) is 10.3 Å². The summed E-state index contributed by atoms with van der Waals surface area (Å²) < 4.78 is 43.3. The van der Waals surface area contributed by atoms with E-state index in [9.17, 15) is 22.8 Å². The minimum Gasteiger partial charge on any atom is -0.436 e. The number of likely N-dealkylation sites (N-methyl/N-ethyl adjacent to an activating group) is 1. The van der Waals surface area contributed by atoms with Gasteiger partial charge in [0.25, 0.3) is 5.91 Å². The molecule has 0 bridgehead atoms. The van der Waals surface area contributed by atoms with E-state index in [0.717, 1.165) is 12.1 Å². The number of halogens is 3. The molecule has 166 valence electrons. The first-order valence-corrected chi connectivity index (χ1v) is 9.75. The number of hydrogen-bond acceptors (Lipinski definition) is 5. The van der Waals surface area contributed by atoms with Crippen LogP contribution in [0.25, 0.3) is 11.1 Å². The van der Waals surface area contributed by atoms with Gasteiger partial charge in [0.05, 0.1) is 5.56 Å². The predicted octanol–water partition coefficient (Wildman–Crippen LogP) is 3.16. The van der Waals surface area contributed by atoms with Gasteiger partial charge < -0.3 is 19.9 Å². The molecule has 0 spiro atoms. The molecular formula is C21H23F3N4O3. The molecule has 0 saturated carbocycles. The SMILES string of the molecule is CNC(=O)C(C)OC(=O)N1CCN(c2ccc(-c3ccc(C(F)(F)F)cc3)cn2)CC1. The molecule has 10 heteroatoms. The van der Waals surface area contributed by atoms with Gasteiger partial charge in [-0.3, -0.25) is 4.79 Å². The van der Waals surface area contributed by atoms with Gasteiger partial charge in [-0.1, -0.05) is 12.1 Å². The van der Waals surface area contributed by atoms with Crippen LogP contribution in [0.1, 0.15) is 12.5 Å². The summed E-state index contributed by atoms with van der Waals surface area (Å²) in [4.78, 5) is 31.6. The maximum absolute atomic E-state index is 12.7. The van der Waals surface area contributed by atoms with Crippen molar-refractivity contribution in [3.05, 3.63) is 48.2 Å². The Morgan fingerprint density at radius 3 is 2.16 bits per heavy atom. The van der Waals surface area contributed by atoms with Crippen molar-refractivity contribution in [2.45, 2.75) is 19.2 Å². The molecule has 2 heterocycles. The average molecular weight is 436 g/mol. The molecule has 1 aliphatic heterocycles. The van der Waals surface area contributed by atoms with Crippen molar-refractivity contribution in [1.29, 1.82) is 0 Å². The summed E-state index contributed by atoms with van der Waals surface area (Å²) in [6.07, 6.45) is -4.16. The van der Waals surface area contributed by atoms with Gasteiger partial charge in [0.15, 0.2) is 6.10 Å². The highest BCUT2D eigenvalue weighted by molar-refractivity contribution is 5.82. The van der Waals surface area contributed by atoms with Crippen LogP contribution in [0.15, 0.2) is 42.6 Å². The summed E-state index contributed by atoms with van der Waals surface area (Å²) in [5.74, 6) is 0.340. The highest BCUT2D eigenvalue weighted by Gasteiger charge is 2.30. The lowest BCUT2D eigenvalue weighted by Crippen LogP contribution is -2.50. The molecule has 31 heavy (non-hydrogen) atoms. The zero-order valence-corrected chi connectivity index (χ0v) is 17.1. The van der Waals surface area contributed by atoms with Gasteiger partial charge >= 0.3 is 12.3 Å². The largest absolute Gasteiger partial charge is 0.436 e. The second-order valence-corrected chi connectivity index (χ2v) is 7.09. The second-order valence-electron chi connectivity index (χ2n) is 7.09. The summed E-state index contributed by atoms with van der Waals surface area (Å²) in [7, 11) is 1.47. The number of amides is 2. The molecule has 1 atom stereocenters. The third kappa shape index (κ3) is 5.44. The maximum atomic E-state index is 12.7. The number of piperazine rings is 1. The molecule has 1 fully saturated rings. The molecule has 7 nitrogen and oxygen atoms in total. The first-order chi connectivity index (χ1) is 14.7. The summed E-state index contributed by atoms with van der Waals surface area (Å²) in [5.41, 5.74) is 0.662. The molecule has 1 aromatic carbocycles. The fourth-order valence-corrected chi connectivity index (χ4v) is 3.20. The van der Waals surface area contributed by atoms with E-state index in [1.165, 1.54) is 31.0 Å². The van der Waals surface area contributed by atoms with Crippen LogP contribution in [-0.4, -0.2) is 61.2 Å². The van der Waals surface area contributed by atoms with E-state index >= 15 is 0 Å². The highest BCUT2D eigenvalue weighted by Crippen LogP contribution is 2.31. The molecule has 1 N–H and O–H groups in total. The zero-order chi connectivity index (χ0) is 22.6. The van der Waals surface area contributed by atoms with Crippen LogP contribution < -0.4 is 10.2 Å². The number of hydrogen-bond donors (Lipinski definition) is 1. The molecule has 2 aromatic rings. The lowest BCUT2D eigenvalue weighted by Gasteiger charge is -2.35. The van der Waals surface area contributed by atoms with Gasteiger partial charge in [0.2, 0.25) is 0 Å². The van der Waals surface area contributed by atoms with E-state index in [-0.39, 0.29) is 5.91 Å². The molecule has 1 unspecified atom stereocenters. The highest BCUT2D eigenvalue weighted by atomic mass is 19.4. The number of anilines is 1. The fraction of sp³-hybridized carbons (Fsp3) is 0.381. The molecule has 1 saturated heterocycles. The van der Waals surface area contributed by atoms with Crippen molar-refractivity contribution in [2.75, 3.05) is 38.1 Å². The second kappa shape index (κ2) is 9.23. The Hall–Kier alpha value is -3.30. The summed E-state index contributed by atoms with van der Waals surface area (Å²) in [6.45, 7) is 3.42. The van der Waals surface area contributed by atoms with Crippen LogP contribution in [0.5, 0.6) is 0 Å². The van der Waals surface area contributed by atoms with Crippen LogP contribution >= 0.6 is 0 Å². The lowest BCUT2D eigenvalue weighted by molar-refractivity contribution is -0.137. The number of rotatable bonds is 4. The Labute approximate surface area is 177 Å². The Morgan fingerprint density at radius 2 is 1.65 bits per heavy atom. The minimum atomic E-state index is -4.37. The molecule has 2 amide bonds. The summed E-state index contributed by atoms with van der Waals surface area (Å²) in [6, 6.07) is 8.54. The van der Waals surface area contributed by atoms with Gasteiger partial charge in [-0.2, -0.15) is 13.2 Å². The molecular weight excluding hydrogens is 413 g/mol. The van der Waals surface area contributed by atoms with Crippen molar-refractivity contribution >= 4 is 17.8 Å². The number of ether oxygens (including phenoxy) is 1. The topological polar surface area (TPSA) is 74.8 Å². The van der Waals surface area contributed by atoms with Crippen molar-refractivity contribution in [2.24, 2.45) is 0 Å². The normalized spacial score (nSPS) is 15.4. The van der Waals surface area contributed by atoms with Crippen molar-refractivity contribution < 1.29 is 27.5 Å². The third-order valence-corrected chi connectivity index (χ3v) is 5.05. The minimum absolute atomic E-state index is 0.371. The number of aromatic nitrogens is 1. The summed E-state index contributed by atoms with van der Waals surface area (Å²) in [5, 5.41) is 2.43. The molecule has 0 aliphatic carbocycles. The van der Waals surface area contributed by atoms with Crippen LogP contribution in [0.2, 0.25) is 0 Å². The predicted molar refractivity (Wildman–Crippen MR) is 108 cm³/mol. The number of carbonyl (C=O) groups excluding carboxylic acids is 2. The van der Waals surface area contributed by atoms with Crippen LogP contribution in [-0.2, 0) is 15.7 Å². The van der Waals surface area contributed by atoms with E-state index in [1.807, 2.05) is 4.90 Å². The first-order valence-electron chi connectivity index (χ1n) is 9.75. The number of nitrogens with zero attached hydrogens (tertiary/aromatic N) is 3. The van der Waals surface area contributed by atoms with Crippen LogP contribution in [0.4, 0.5) is 23.8 Å². The van der Waals surface area contributed by atoms with E-state index in [1.54, 1.807) is 18.3 Å². The van der Waals surface area contributed by atoms with E-state index < -0.39 is 23.9 Å². The number of alkyl halides is 3. The Kier molecular flexibility index (Phi) is 6.67. The zero-order valence-electron chi connectivity index (χ0n) is 17.1. The van der Waals surface area contributed by atoms with Crippen LogP contribution in [0.3, 0.4) is 0 Å². The molecule has 0 radical (unpaired) electrons. The van der Waals surface area contributed by atoms with Gasteiger partial charge in [-0.15, -0.1) is 0 Å². The summed E-state index contributed by atoms with van der Waals surface area (Å²) >= 11 is 0. The quantitative estimate of drug-likeness (QED) is 0.797. The standard InChI is InChI=1S/C21H23F3N4O3/c1-14(19(29)25-2)31-20(30)28-11-9-27(10-12-28)18-8-5-16(13-26-18)15-3-6-17(7-4-15)21(22,23)24/h3-8,13-14H,9-12H2,1-2H3,(H,25,29). The number of benzene rings is 1. The van der Waals surface area contributed by atoms with Gasteiger partial charge in [-0.25, -0.2) is 9.78 Å². The van der Waals surface area contributed by atoms with E-state index in [0.29, 0.717) is 43.1 Å². The number of pyridine rings is 1. The van der Waals surface area contributed by atoms with Crippen molar-refractivity contribution in [1.82, 2.24) is 15.2 Å². The van der Waals surface area contributed by atoms with Crippen molar-refractivity contribution in [3.8, 4) is 11.1 Å². The van der Waals surface area contributed by atoms with Gasteiger partial charge in [0.1, 0.15) is 5.82 Å². The smallest absolute Gasteiger partial charge is 0.416 e. The molecule has 3 rings (SSSR count). The Morgan fingerprint density at radius 1 is 1.03 bits per heavy atom. The lowest BCUT2D eigenvalue weighted by atomic mass is 10.1. The number of nitrogens with one attached hydrogen (secondary N) is 1. The van der Waals surface area contributed by atoms with Gasteiger partial charge in [-0.05, 0) is 36.8 Å². The monoisotopic (exact) mass is 436 g/mol. The Balaban J connectivity index is 1.57. The molecule has 1 aromatic heterocycles. The van der Waals surface area contributed by atoms with Crippen LogP contribution in [0, 0.1) is 0 Å².